The van der Waals surface area contributed by atoms with Gasteiger partial charge in [-0.3, -0.25) is 0 Å². The molecule has 3 aromatic carbocycles. The van der Waals surface area contributed by atoms with E-state index >= 15 is 0 Å². The quantitative estimate of drug-likeness (QED) is 0.0962. The molecule has 0 N–H and O–H groups in total. The molecule has 0 amide bonds. The summed E-state index contributed by atoms with van der Waals surface area (Å²) in [4.78, 5) is 25.5. The lowest BCUT2D eigenvalue weighted by atomic mass is 9.97. The Morgan fingerprint density at radius 1 is 0.628 bits per heavy atom. The zero-order valence-electron chi connectivity index (χ0n) is 27.0. The zero-order chi connectivity index (χ0) is 31.0. The molecule has 0 spiro atoms. The standard InChI is InChI=1S/C37H52O6/c1-6-11-16-27(9-4)23-40-34(38)25-42-36-30-18-13-14-19-31(30)37(33-22-29(15-8-3)20-21-32(33)36)43-26-35(39)41-24-28(10-5)17-12-7-2/h13-14,18-22,27-28H,6-12,15-17,23-26H2,1-5H3. The molecule has 0 saturated carbocycles. The summed E-state index contributed by atoms with van der Waals surface area (Å²) in [6, 6.07) is 14.0. The molecular weight excluding hydrogens is 540 g/mol. The van der Waals surface area contributed by atoms with Gasteiger partial charge in [-0.05, 0) is 42.7 Å². The molecule has 6 heteroatoms. The van der Waals surface area contributed by atoms with Gasteiger partial charge in [0.2, 0.25) is 0 Å². The molecule has 0 heterocycles. The predicted octanol–water partition coefficient (Wildman–Crippen LogP) is 9.22. The first kappa shape index (κ1) is 34.2. The van der Waals surface area contributed by atoms with Gasteiger partial charge in [0.1, 0.15) is 11.5 Å². The maximum atomic E-state index is 12.8. The number of benzene rings is 3. The number of hydrogen-bond donors (Lipinski definition) is 0. The third-order valence-electron chi connectivity index (χ3n) is 8.24. The number of carbonyl (C=O) groups is 2. The molecule has 3 aromatic rings. The van der Waals surface area contributed by atoms with Crippen molar-refractivity contribution in [2.45, 2.75) is 98.8 Å². The third kappa shape index (κ3) is 10.1. The van der Waals surface area contributed by atoms with Crippen LogP contribution in [-0.2, 0) is 25.5 Å². The topological polar surface area (TPSA) is 71.1 Å². The van der Waals surface area contributed by atoms with Gasteiger partial charge in [-0.25, -0.2) is 9.59 Å². The summed E-state index contributed by atoms with van der Waals surface area (Å²) in [5.74, 6) is 1.23. The van der Waals surface area contributed by atoms with Crippen LogP contribution in [0.25, 0.3) is 21.5 Å². The van der Waals surface area contributed by atoms with Gasteiger partial charge < -0.3 is 18.9 Å². The van der Waals surface area contributed by atoms with Crippen molar-refractivity contribution in [2.24, 2.45) is 11.8 Å². The van der Waals surface area contributed by atoms with Crippen molar-refractivity contribution in [2.75, 3.05) is 26.4 Å². The van der Waals surface area contributed by atoms with E-state index in [9.17, 15) is 9.59 Å². The minimum absolute atomic E-state index is 0.176. The number of fused-ring (bicyclic) bond motifs is 2. The Bertz CT molecular complexity index is 1300. The fourth-order valence-electron chi connectivity index (χ4n) is 5.47. The van der Waals surface area contributed by atoms with Crippen LogP contribution in [0.15, 0.2) is 42.5 Å². The second-order valence-corrected chi connectivity index (χ2v) is 11.6. The van der Waals surface area contributed by atoms with Gasteiger partial charge in [0.05, 0.1) is 13.2 Å². The number of hydrogen-bond acceptors (Lipinski definition) is 6. The van der Waals surface area contributed by atoms with Crippen LogP contribution in [0.5, 0.6) is 11.5 Å². The molecule has 0 bridgehead atoms. The molecule has 2 atom stereocenters. The maximum absolute atomic E-state index is 12.8. The van der Waals surface area contributed by atoms with Gasteiger partial charge in [0, 0.05) is 21.5 Å². The van der Waals surface area contributed by atoms with Crippen LogP contribution in [0.2, 0.25) is 0 Å². The molecule has 0 aliphatic carbocycles. The van der Waals surface area contributed by atoms with Crippen molar-refractivity contribution in [3.63, 3.8) is 0 Å². The summed E-state index contributed by atoms with van der Waals surface area (Å²) in [7, 11) is 0. The molecule has 0 aromatic heterocycles. The molecule has 0 aliphatic heterocycles. The van der Waals surface area contributed by atoms with Crippen LogP contribution >= 0.6 is 0 Å². The normalized spacial score (nSPS) is 12.7. The Balaban J connectivity index is 1.85. The van der Waals surface area contributed by atoms with E-state index < -0.39 is 0 Å². The van der Waals surface area contributed by atoms with Crippen LogP contribution in [0, 0.1) is 11.8 Å². The average Bonchev–Trinajstić information content (AvgIpc) is 3.03. The Morgan fingerprint density at radius 2 is 1.12 bits per heavy atom. The van der Waals surface area contributed by atoms with E-state index in [-0.39, 0.29) is 25.2 Å². The highest BCUT2D eigenvalue weighted by Crippen LogP contribution is 2.43. The zero-order valence-corrected chi connectivity index (χ0v) is 27.0. The average molecular weight is 593 g/mol. The lowest BCUT2D eigenvalue weighted by molar-refractivity contribution is -0.148. The van der Waals surface area contributed by atoms with Crippen LogP contribution in [0.4, 0.5) is 0 Å². The number of aryl methyl sites for hydroxylation is 1. The highest BCUT2D eigenvalue weighted by Gasteiger charge is 2.20. The second-order valence-electron chi connectivity index (χ2n) is 11.6. The Morgan fingerprint density at radius 3 is 1.58 bits per heavy atom. The predicted molar refractivity (Wildman–Crippen MR) is 175 cm³/mol. The molecule has 0 saturated heterocycles. The van der Waals surface area contributed by atoms with Gasteiger partial charge in [-0.15, -0.1) is 0 Å². The molecule has 0 aliphatic rings. The molecule has 2 unspecified atom stereocenters. The first-order valence-corrected chi connectivity index (χ1v) is 16.5. The highest BCUT2D eigenvalue weighted by molar-refractivity contribution is 6.11. The highest BCUT2D eigenvalue weighted by atomic mass is 16.6. The lowest BCUT2D eigenvalue weighted by Gasteiger charge is -2.19. The first-order valence-electron chi connectivity index (χ1n) is 16.5. The Hall–Kier alpha value is -3.28. The number of ether oxygens (including phenoxy) is 4. The maximum Gasteiger partial charge on any atom is 0.344 e. The van der Waals surface area contributed by atoms with Crippen molar-refractivity contribution in [3.8, 4) is 11.5 Å². The summed E-state index contributed by atoms with van der Waals surface area (Å²) in [5.41, 5.74) is 1.17. The molecular formula is C37H52O6. The van der Waals surface area contributed by atoms with E-state index in [1.165, 1.54) is 5.56 Å². The van der Waals surface area contributed by atoms with Crippen molar-refractivity contribution in [3.05, 3.63) is 48.0 Å². The fraction of sp³-hybridized carbons (Fsp3) is 0.568. The number of esters is 2. The van der Waals surface area contributed by atoms with Crippen molar-refractivity contribution >= 4 is 33.5 Å². The van der Waals surface area contributed by atoms with Crippen LogP contribution in [-0.4, -0.2) is 38.4 Å². The van der Waals surface area contributed by atoms with Gasteiger partial charge in [0.15, 0.2) is 13.2 Å². The molecule has 6 nitrogen and oxygen atoms in total. The Kier molecular flexibility index (Phi) is 14.6. The molecule has 3 rings (SSSR count). The third-order valence-corrected chi connectivity index (χ3v) is 8.24. The number of unbranched alkanes of at least 4 members (excludes halogenated alkanes) is 2. The first-order chi connectivity index (χ1) is 20.9. The number of rotatable bonds is 20. The summed E-state index contributed by atoms with van der Waals surface area (Å²) >= 11 is 0. The molecule has 43 heavy (non-hydrogen) atoms. The van der Waals surface area contributed by atoms with E-state index in [0.717, 1.165) is 85.8 Å². The molecule has 0 fully saturated rings. The van der Waals surface area contributed by atoms with Crippen LogP contribution < -0.4 is 9.47 Å². The minimum Gasteiger partial charge on any atom is -0.481 e. The van der Waals surface area contributed by atoms with Crippen LogP contribution in [0.3, 0.4) is 0 Å². The van der Waals surface area contributed by atoms with E-state index in [1.807, 2.05) is 30.3 Å². The van der Waals surface area contributed by atoms with E-state index in [0.29, 0.717) is 36.5 Å². The summed E-state index contributed by atoms with van der Waals surface area (Å²) in [6.07, 6.45) is 10.5. The van der Waals surface area contributed by atoms with E-state index in [4.69, 9.17) is 18.9 Å². The monoisotopic (exact) mass is 592 g/mol. The van der Waals surface area contributed by atoms with Crippen molar-refractivity contribution < 1.29 is 28.5 Å². The summed E-state index contributed by atoms with van der Waals surface area (Å²) in [6.45, 7) is 11.2. The summed E-state index contributed by atoms with van der Waals surface area (Å²) < 4.78 is 23.7. The second kappa shape index (κ2) is 18.4. The Labute approximate surface area is 258 Å². The van der Waals surface area contributed by atoms with Gasteiger partial charge >= 0.3 is 11.9 Å². The van der Waals surface area contributed by atoms with Gasteiger partial charge in [-0.2, -0.15) is 0 Å². The minimum atomic E-state index is -0.373. The van der Waals surface area contributed by atoms with Crippen LogP contribution in [0.1, 0.15) is 98.0 Å². The van der Waals surface area contributed by atoms with Gasteiger partial charge in [0.25, 0.3) is 0 Å². The molecule has 236 valence electrons. The summed E-state index contributed by atoms with van der Waals surface area (Å²) in [5, 5.41) is 3.31. The van der Waals surface area contributed by atoms with Gasteiger partial charge in [-0.1, -0.05) is 116 Å². The van der Waals surface area contributed by atoms with E-state index in [1.54, 1.807) is 0 Å². The smallest absolute Gasteiger partial charge is 0.344 e. The van der Waals surface area contributed by atoms with Crippen molar-refractivity contribution in [1.29, 1.82) is 0 Å². The number of carbonyl (C=O) groups excluding carboxylic acids is 2. The molecule has 0 radical (unpaired) electrons. The van der Waals surface area contributed by atoms with Crippen molar-refractivity contribution in [1.82, 2.24) is 0 Å². The SMILES string of the molecule is CCCCC(CC)COC(=O)COc1c2ccccc2c(OCC(=O)OCC(CC)CCCC)c2cc(CCC)ccc12. The van der Waals surface area contributed by atoms with E-state index in [2.05, 4.69) is 46.8 Å². The lowest BCUT2D eigenvalue weighted by Crippen LogP contribution is -2.20. The largest absolute Gasteiger partial charge is 0.481 e. The fourth-order valence-corrected chi connectivity index (χ4v) is 5.47.